The van der Waals surface area contributed by atoms with Crippen LogP contribution < -0.4 is 10.7 Å². The van der Waals surface area contributed by atoms with E-state index in [0.29, 0.717) is 6.07 Å². The fourth-order valence-corrected chi connectivity index (χ4v) is 2.74. The fraction of sp³-hybridized carbons (Fsp3) is 0.0526. The van der Waals surface area contributed by atoms with E-state index in [1.165, 1.54) is 0 Å². The van der Waals surface area contributed by atoms with Crippen LogP contribution in [0, 0.1) is 20.2 Å². The first-order valence-electron chi connectivity index (χ1n) is 8.56. The molecule has 0 aromatic heterocycles. The van der Waals surface area contributed by atoms with Crippen LogP contribution >= 0.6 is 0 Å². The molecule has 11 nitrogen and oxygen atoms in total. The Labute approximate surface area is 168 Å². The molecule has 3 aromatic carbocycles. The van der Waals surface area contributed by atoms with E-state index >= 15 is 0 Å². The number of phenols is 1. The van der Waals surface area contributed by atoms with Crippen molar-refractivity contribution >= 4 is 40.0 Å². The van der Waals surface area contributed by atoms with Gasteiger partial charge in [0.05, 0.1) is 34.2 Å². The zero-order valence-corrected chi connectivity index (χ0v) is 15.3. The normalized spacial score (nSPS) is 10.8. The Morgan fingerprint density at radius 2 is 1.80 bits per heavy atom. The topological polar surface area (TPSA) is 160 Å². The maximum atomic E-state index is 12.0. The lowest BCUT2D eigenvalue weighted by Gasteiger charge is -2.08. The second-order valence-corrected chi connectivity index (χ2v) is 6.09. The standard InChI is InChI=1S/C19H15N5O6/c25-18(11-20-16-7-3-5-12-4-1-2-6-15(12)16)22-21-10-13-8-14(23(27)28)9-17(19(13)26)24(29)30/h1-10,20,26H,11H2,(H,22,25)/b21-10-. The minimum Gasteiger partial charge on any atom is -0.502 e. The van der Waals surface area contributed by atoms with Crippen LogP contribution in [0.4, 0.5) is 17.1 Å². The first-order chi connectivity index (χ1) is 14.4. The van der Waals surface area contributed by atoms with Crippen LogP contribution in [0.2, 0.25) is 0 Å². The van der Waals surface area contributed by atoms with Crippen LogP contribution in [-0.2, 0) is 4.79 Å². The number of nitro groups is 2. The molecule has 30 heavy (non-hydrogen) atoms. The predicted octanol–water partition coefficient (Wildman–Crippen LogP) is 2.92. The van der Waals surface area contributed by atoms with E-state index in [-0.39, 0.29) is 12.1 Å². The third-order valence-corrected chi connectivity index (χ3v) is 4.13. The van der Waals surface area contributed by atoms with Crippen molar-refractivity contribution in [1.29, 1.82) is 0 Å². The Morgan fingerprint density at radius 1 is 1.07 bits per heavy atom. The summed E-state index contributed by atoms with van der Waals surface area (Å²) in [6.07, 6.45) is 0.894. The summed E-state index contributed by atoms with van der Waals surface area (Å²) in [5.74, 6) is -1.32. The van der Waals surface area contributed by atoms with E-state index in [2.05, 4.69) is 15.8 Å². The Kier molecular flexibility index (Phi) is 5.82. The molecule has 3 aromatic rings. The molecule has 1 amide bonds. The third kappa shape index (κ3) is 4.47. The van der Waals surface area contributed by atoms with Crippen molar-refractivity contribution in [2.45, 2.75) is 0 Å². The van der Waals surface area contributed by atoms with Gasteiger partial charge in [-0.3, -0.25) is 25.0 Å². The number of fused-ring (bicyclic) bond motifs is 1. The molecule has 3 rings (SSSR count). The fourth-order valence-electron chi connectivity index (χ4n) is 2.74. The van der Waals surface area contributed by atoms with Gasteiger partial charge in [-0.2, -0.15) is 5.10 Å². The summed E-state index contributed by atoms with van der Waals surface area (Å²) in [7, 11) is 0. The Hall–Kier alpha value is -4.54. The van der Waals surface area contributed by atoms with Gasteiger partial charge in [0.1, 0.15) is 0 Å². The zero-order chi connectivity index (χ0) is 21.7. The Bertz CT molecular complexity index is 1170. The highest BCUT2D eigenvalue weighted by Crippen LogP contribution is 2.33. The summed E-state index contributed by atoms with van der Waals surface area (Å²) in [5.41, 5.74) is 1.23. The number of rotatable bonds is 7. The zero-order valence-electron chi connectivity index (χ0n) is 15.3. The van der Waals surface area contributed by atoms with Crippen LogP contribution in [0.5, 0.6) is 5.75 Å². The summed E-state index contributed by atoms with van der Waals surface area (Å²) < 4.78 is 0. The number of hydrogen-bond donors (Lipinski definition) is 3. The Balaban J connectivity index is 1.68. The van der Waals surface area contributed by atoms with E-state index in [1.807, 2.05) is 42.5 Å². The SMILES string of the molecule is O=C(CNc1cccc2ccccc12)N/N=C\c1cc([N+](=O)[O-])cc([N+](=O)[O-])c1O. The third-order valence-electron chi connectivity index (χ3n) is 4.13. The Morgan fingerprint density at radius 3 is 2.53 bits per heavy atom. The van der Waals surface area contributed by atoms with Gasteiger partial charge in [0.25, 0.3) is 11.6 Å². The number of phenolic OH excluding ortho intramolecular Hbond substituents is 1. The van der Waals surface area contributed by atoms with Gasteiger partial charge in [-0.05, 0) is 11.5 Å². The number of benzene rings is 3. The number of carbonyl (C=O) groups is 1. The van der Waals surface area contributed by atoms with E-state index in [9.17, 15) is 30.1 Å². The molecule has 0 fully saturated rings. The van der Waals surface area contributed by atoms with E-state index < -0.39 is 32.9 Å². The summed E-state index contributed by atoms with van der Waals surface area (Å²) in [6.45, 7) is -0.119. The van der Waals surface area contributed by atoms with Crippen molar-refractivity contribution < 1.29 is 19.7 Å². The molecular weight excluding hydrogens is 394 g/mol. The highest BCUT2D eigenvalue weighted by molar-refractivity contribution is 5.95. The lowest BCUT2D eigenvalue weighted by Crippen LogP contribution is -2.25. The number of carbonyl (C=O) groups excluding carboxylic acids is 1. The van der Waals surface area contributed by atoms with Crippen molar-refractivity contribution in [2.75, 3.05) is 11.9 Å². The summed E-state index contributed by atoms with van der Waals surface area (Å²) >= 11 is 0. The summed E-state index contributed by atoms with van der Waals surface area (Å²) in [4.78, 5) is 32.1. The summed E-state index contributed by atoms with van der Waals surface area (Å²) in [6, 6.07) is 14.8. The van der Waals surface area contributed by atoms with Gasteiger partial charge >= 0.3 is 5.69 Å². The smallest absolute Gasteiger partial charge is 0.318 e. The molecule has 0 aliphatic heterocycles. The van der Waals surface area contributed by atoms with Gasteiger partial charge in [0.15, 0.2) is 0 Å². The average Bonchev–Trinajstić information content (AvgIpc) is 2.73. The highest BCUT2D eigenvalue weighted by atomic mass is 16.6. The number of hydrazone groups is 1. The number of aromatic hydroxyl groups is 1. The molecule has 0 aliphatic rings. The molecule has 0 saturated carbocycles. The number of anilines is 1. The second-order valence-electron chi connectivity index (χ2n) is 6.09. The van der Waals surface area contributed by atoms with Crippen LogP contribution in [0.15, 0.2) is 59.7 Å². The number of non-ortho nitro benzene ring substituents is 1. The van der Waals surface area contributed by atoms with Crippen LogP contribution in [0.25, 0.3) is 10.8 Å². The van der Waals surface area contributed by atoms with Crippen LogP contribution in [0.3, 0.4) is 0 Å². The molecule has 0 spiro atoms. The van der Waals surface area contributed by atoms with Gasteiger partial charge in [0, 0.05) is 17.1 Å². The minimum atomic E-state index is -0.952. The molecule has 152 valence electrons. The highest BCUT2D eigenvalue weighted by Gasteiger charge is 2.23. The van der Waals surface area contributed by atoms with Crippen molar-refractivity contribution in [3.8, 4) is 5.75 Å². The number of nitrogens with one attached hydrogen (secondary N) is 2. The van der Waals surface area contributed by atoms with E-state index in [0.717, 1.165) is 28.7 Å². The molecule has 0 bridgehead atoms. The maximum absolute atomic E-state index is 12.0. The molecule has 0 atom stereocenters. The van der Waals surface area contributed by atoms with Crippen LogP contribution in [-0.4, -0.2) is 33.6 Å². The lowest BCUT2D eigenvalue weighted by atomic mass is 10.1. The lowest BCUT2D eigenvalue weighted by molar-refractivity contribution is -0.394. The van der Waals surface area contributed by atoms with Crippen molar-refractivity contribution in [2.24, 2.45) is 5.10 Å². The van der Waals surface area contributed by atoms with Gasteiger partial charge in [-0.1, -0.05) is 36.4 Å². The molecular formula is C19H15N5O6. The van der Waals surface area contributed by atoms with Gasteiger partial charge in [-0.25, -0.2) is 5.43 Å². The molecule has 0 heterocycles. The summed E-state index contributed by atoms with van der Waals surface area (Å²) in [5, 5.41) is 40.3. The molecule has 0 aliphatic carbocycles. The minimum absolute atomic E-state index is 0.119. The largest absolute Gasteiger partial charge is 0.502 e. The number of hydrogen-bond acceptors (Lipinski definition) is 8. The van der Waals surface area contributed by atoms with Gasteiger partial charge < -0.3 is 10.4 Å². The molecule has 0 saturated heterocycles. The monoisotopic (exact) mass is 409 g/mol. The van der Waals surface area contributed by atoms with E-state index in [4.69, 9.17) is 0 Å². The van der Waals surface area contributed by atoms with Crippen molar-refractivity contribution in [1.82, 2.24) is 5.43 Å². The van der Waals surface area contributed by atoms with Crippen molar-refractivity contribution in [3.05, 3.63) is 80.4 Å². The van der Waals surface area contributed by atoms with Gasteiger partial charge in [-0.15, -0.1) is 0 Å². The first kappa shape index (κ1) is 20.2. The molecule has 0 unspecified atom stereocenters. The molecule has 3 N–H and O–H groups in total. The van der Waals surface area contributed by atoms with E-state index in [1.54, 1.807) is 0 Å². The van der Waals surface area contributed by atoms with Gasteiger partial charge in [0.2, 0.25) is 5.75 Å². The second kappa shape index (κ2) is 8.65. The quantitative estimate of drug-likeness (QED) is 0.307. The number of nitro benzene ring substituents is 2. The van der Waals surface area contributed by atoms with Crippen LogP contribution in [0.1, 0.15) is 5.56 Å². The number of amides is 1. The average molecular weight is 409 g/mol. The molecule has 11 heteroatoms. The first-order valence-corrected chi connectivity index (χ1v) is 8.56. The predicted molar refractivity (Wildman–Crippen MR) is 110 cm³/mol. The maximum Gasteiger partial charge on any atom is 0.318 e. The molecule has 0 radical (unpaired) electrons. The number of nitrogens with zero attached hydrogens (tertiary/aromatic N) is 3. The van der Waals surface area contributed by atoms with Crippen molar-refractivity contribution in [3.63, 3.8) is 0 Å².